The number of nitrogens with one attached hydrogen (secondary N) is 1. The van der Waals surface area contributed by atoms with Crippen molar-refractivity contribution >= 4 is 18.2 Å². The summed E-state index contributed by atoms with van der Waals surface area (Å²) in [4.78, 5) is 24.9. The number of rotatable bonds is 5. The zero-order valence-corrected chi connectivity index (χ0v) is 14.1. The van der Waals surface area contributed by atoms with Crippen LogP contribution in [0.15, 0.2) is 53.6 Å². The van der Waals surface area contributed by atoms with E-state index in [0.717, 1.165) is 0 Å². The summed E-state index contributed by atoms with van der Waals surface area (Å²) in [6.07, 6.45) is 1.19. The summed E-state index contributed by atoms with van der Waals surface area (Å²) in [5.41, 5.74) is -0.709. The number of phenols is 1. The van der Waals surface area contributed by atoms with Gasteiger partial charge in [0, 0.05) is 5.56 Å². The van der Waals surface area contributed by atoms with E-state index in [4.69, 9.17) is 0 Å². The first-order valence-electron chi connectivity index (χ1n) is 7.85. The van der Waals surface area contributed by atoms with Gasteiger partial charge in [-0.05, 0) is 36.8 Å². The molecule has 1 heterocycles. The smallest absolute Gasteiger partial charge is 0.387 e. The fraction of sp³-hybridized carbons (Fsp3) is 0.167. The van der Waals surface area contributed by atoms with E-state index in [1.807, 2.05) is 0 Å². The van der Waals surface area contributed by atoms with Crippen LogP contribution in [0.25, 0.3) is 0 Å². The number of ether oxygens (including phenoxy) is 1. The number of halogens is 2. The summed E-state index contributed by atoms with van der Waals surface area (Å²) >= 11 is 0. The lowest BCUT2D eigenvalue weighted by Crippen LogP contribution is -2.40. The highest BCUT2D eigenvalue weighted by Crippen LogP contribution is 2.30. The van der Waals surface area contributed by atoms with Crippen molar-refractivity contribution in [2.24, 2.45) is 5.10 Å². The monoisotopic (exact) mass is 375 g/mol. The zero-order chi connectivity index (χ0) is 19.6. The van der Waals surface area contributed by atoms with Gasteiger partial charge in [-0.2, -0.15) is 13.9 Å². The average molecular weight is 375 g/mol. The van der Waals surface area contributed by atoms with Crippen LogP contribution in [0.3, 0.4) is 0 Å². The number of benzene rings is 2. The number of carbonyl (C=O) groups is 2. The lowest BCUT2D eigenvalue weighted by molar-refractivity contribution is -0.131. The van der Waals surface area contributed by atoms with Crippen LogP contribution >= 0.6 is 0 Å². The molecule has 27 heavy (non-hydrogen) atoms. The average Bonchev–Trinajstić information content (AvgIpc) is 2.84. The molecule has 2 N–H and O–H groups in total. The van der Waals surface area contributed by atoms with E-state index in [9.17, 15) is 23.5 Å². The molecule has 0 aromatic heterocycles. The van der Waals surface area contributed by atoms with Crippen LogP contribution in [-0.4, -0.2) is 34.9 Å². The van der Waals surface area contributed by atoms with E-state index in [2.05, 4.69) is 15.2 Å². The number of amides is 3. The molecule has 2 aromatic rings. The molecule has 1 fully saturated rings. The third-order valence-electron chi connectivity index (χ3n) is 4.08. The van der Waals surface area contributed by atoms with Crippen LogP contribution in [0.4, 0.5) is 13.6 Å². The second-order valence-electron chi connectivity index (χ2n) is 5.88. The largest absolute Gasteiger partial charge is 0.507 e. The van der Waals surface area contributed by atoms with Crippen LogP contribution < -0.4 is 10.1 Å². The Labute approximate surface area is 152 Å². The first-order chi connectivity index (χ1) is 12.8. The second-order valence-corrected chi connectivity index (χ2v) is 5.88. The zero-order valence-electron chi connectivity index (χ0n) is 14.1. The number of nitrogens with zero attached hydrogens (tertiary/aromatic N) is 2. The van der Waals surface area contributed by atoms with Gasteiger partial charge in [-0.25, -0.2) is 4.79 Å². The fourth-order valence-corrected chi connectivity index (χ4v) is 2.61. The third-order valence-corrected chi connectivity index (χ3v) is 4.08. The Balaban J connectivity index is 1.83. The minimum Gasteiger partial charge on any atom is -0.507 e. The molecule has 1 saturated heterocycles. The summed E-state index contributed by atoms with van der Waals surface area (Å²) in [6, 6.07) is 10.9. The van der Waals surface area contributed by atoms with Crippen molar-refractivity contribution in [1.29, 1.82) is 0 Å². The Kier molecular flexibility index (Phi) is 4.76. The Hall–Kier alpha value is -3.49. The lowest BCUT2D eigenvalue weighted by Gasteiger charge is -2.21. The first kappa shape index (κ1) is 18.3. The number of alkyl halides is 2. The maximum absolute atomic E-state index is 12.7. The van der Waals surface area contributed by atoms with E-state index in [1.54, 1.807) is 18.2 Å². The highest BCUT2D eigenvalue weighted by atomic mass is 19.3. The first-order valence-corrected chi connectivity index (χ1v) is 7.85. The molecule has 0 saturated carbocycles. The van der Waals surface area contributed by atoms with Crippen molar-refractivity contribution in [3.05, 3.63) is 59.7 Å². The molecule has 140 valence electrons. The van der Waals surface area contributed by atoms with Gasteiger partial charge >= 0.3 is 12.6 Å². The standard InChI is InChI=1S/C18H15F2N3O4/c1-18(12-6-8-13(9-7-12)27-16(19)20)15(25)23(17(26)22-18)21-10-11-4-2-3-5-14(11)24/h2-10,16,24H,1H3,(H,22,26)/t18-/m0/s1. The van der Waals surface area contributed by atoms with Crippen molar-refractivity contribution in [3.63, 3.8) is 0 Å². The van der Waals surface area contributed by atoms with Crippen LogP contribution in [-0.2, 0) is 10.3 Å². The summed E-state index contributed by atoms with van der Waals surface area (Å²) in [5.74, 6) is -0.768. The highest BCUT2D eigenvalue weighted by Gasteiger charge is 2.49. The maximum atomic E-state index is 12.7. The van der Waals surface area contributed by atoms with Crippen molar-refractivity contribution in [2.75, 3.05) is 0 Å². The predicted molar refractivity (Wildman–Crippen MR) is 91.5 cm³/mol. The van der Waals surface area contributed by atoms with E-state index in [-0.39, 0.29) is 11.5 Å². The Morgan fingerprint density at radius 1 is 1.19 bits per heavy atom. The highest BCUT2D eigenvalue weighted by molar-refractivity contribution is 6.07. The van der Waals surface area contributed by atoms with E-state index >= 15 is 0 Å². The number of phenolic OH excluding ortho intramolecular Hbond substituents is 1. The van der Waals surface area contributed by atoms with Crippen LogP contribution in [0.1, 0.15) is 18.1 Å². The summed E-state index contributed by atoms with van der Waals surface area (Å²) in [5, 5.41) is 16.8. The SMILES string of the molecule is C[C@@]1(c2ccc(OC(F)F)cc2)NC(=O)N(N=Cc2ccccc2O)C1=O. The van der Waals surface area contributed by atoms with Gasteiger partial charge in [0.2, 0.25) is 0 Å². The van der Waals surface area contributed by atoms with Gasteiger partial charge in [0.1, 0.15) is 17.0 Å². The Bertz CT molecular complexity index is 902. The van der Waals surface area contributed by atoms with Gasteiger partial charge in [-0.1, -0.05) is 24.3 Å². The normalized spacial score (nSPS) is 19.8. The molecular weight excluding hydrogens is 360 g/mol. The molecule has 3 amide bonds. The number of hydrazone groups is 1. The van der Waals surface area contributed by atoms with Crippen molar-refractivity contribution in [2.45, 2.75) is 19.1 Å². The summed E-state index contributed by atoms with van der Waals surface area (Å²) in [6.45, 7) is -1.48. The number of imide groups is 1. The molecule has 0 unspecified atom stereocenters. The van der Waals surface area contributed by atoms with Gasteiger partial charge in [-0.3, -0.25) is 4.79 Å². The van der Waals surface area contributed by atoms with Crippen molar-refractivity contribution < 1.29 is 28.2 Å². The molecule has 9 heteroatoms. The topological polar surface area (TPSA) is 91.2 Å². The maximum Gasteiger partial charge on any atom is 0.387 e. The van der Waals surface area contributed by atoms with E-state index in [1.165, 1.54) is 43.5 Å². The number of urea groups is 1. The van der Waals surface area contributed by atoms with Crippen LogP contribution in [0.5, 0.6) is 11.5 Å². The van der Waals surface area contributed by atoms with Gasteiger partial charge in [0.25, 0.3) is 5.91 Å². The Morgan fingerprint density at radius 2 is 1.85 bits per heavy atom. The molecule has 1 aliphatic heterocycles. The minimum absolute atomic E-state index is 0.0503. The molecule has 0 bridgehead atoms. The van der Waals surface area contributed by atoms with Crippen LogP contribution in [0.2, 0.25) is 0 Å². The van der Waals surface area contributed by atoms with Gasteiger partial charge in [0.05, 0.1) is 6.21 Å². The number of hydrogen-bond donors (Lipinski definition) is 2. The number of carbonyl (C=O) groups excluding carboxylic acids is 2. The van der Waals surface area contributed by atoms with Crippen LogP contribution in [0, 0.1) is 0 Å². The Morgan fingerprint density at radius 3 is 2.48 bits per heavy atom. The quantitative estimate of drug-likeness (QED) is 0.621. The number of para-hydroxylation sites is 1. The molecule has 0 aliphatic carbocycles. The minimum atomic E-state index is -2.96. The molecule has 1 atom stereocenters. The van der Waals surface area contributed by atoms with E-state index < -0.39 is 24.1 Å². The number of hydrogen-bond acceptors (Lipinski definition) is 5. The number of aromatic hydroxyl groups is 1. The molecular formula is C18H15F2N3O4. The third kappa shape index (κ3) is 3.57. The summed E-state index contributed by atoms with van der Waals surface area (Å²) in [7, 11) is 0. The van der Waals surface area contributed by atoms with E-state index in [0.29, 0.717) is 16.1 Å². The molecule has 0 radical (unpaired) electrons. The predicted octanol–water partition coefficient (Wildman–Crippen LogP) is 2.79. The molecule has 3 rings (SSSR count). The van der Waals surface area contributed by atoms with Crippen molar-refractivity contribution in [3.8, 4) is 11.5 Å². The van der Waals surface area contributed by atoms with Gasteiger partial charge < -0.3 is 15.2 Å². The fourth-order valence-electron chi connectivity index (χ4n) is 2.61. The van der Waals surface area contributed by atoms with Gasteiger partial charge in [0.15, 0.2) is 0 Å². The lowest BCUT2D eigenvalue weighted by atomic mass is 9.92. The molecule has 0 spiro atoms. The molecule has 1 aliphatic rings. The summed E-state index contributed by atoms with van der Waals surface area (Å²) < 4.78 is 28.8. The second kappa shape index (κ2) is 7.02. The molecule has 2 aromatic carbocycles. The molecule has 7 nitrogen and oxygen atoms in total. The van der Waals surface area contributed by atoms with Gasteiger partial charge in [-0.15, -0.1) is 5.01 Å². The van der Waals surface area contributed by atoms with Crippen molar-refractivity contribution in [1.82, 2.24) is 10.3 Å².